The summed E-state index contributed by atoms with van der Waals surface area (Å²) >= 11 is 1.33. The highest BCUT2D eigenvalue weighted by Crippen LogP contribution is 2.24. The van der Waals surface area contributed by atoms with Crippen LogP contribution < -0.4 is 0 Å². The van der Waals surface area contributed by atoms with Crippen molar-refractivity contribution in [3.63, 3.8) is 0 Å². The van der Waals surface area contributed by atoms with Gasteiger partial charge in [0, 0.05) is 22.2 Å². The van der Waals surface area contributed by atoms with Crippen molar-refractivity contribution in [3.05, 3.63) is 48.2 Å². The average Bonchev–Trinajstić information content (AvgIpc) is 3.08. The molecule has 0 aliphatic heterocycles. The number of nitrogens with one attached hydrogen (secondary N) is 1. The number of carbonyl (C=O) groups excluding carboxylic acids is 1. The molecule has 1 aromatic carbocycles. The number of rotatable bonds is 6. The van der Waals surface area contributed by atoms with Crippen molar-refractivity contribution in [2.45, 2.75) is 18.6 Å². The fourth-order valence-corrected chi connectivity index (χ4v) is 3.13. The highest BCUT2D eigenvalue weighted by Gasteiger charge is 2.17. The maximum atomic E-state index is 12.6. The fraction of sp³-hybridized carbons (Fsp3) is 0.200. The summed E-state index contributed by atoms with van der Waals surface area (Å²) in [5, 5.41) is 13.0. The molecular formula is C15H15N5OS. The van der Waals surface area contributed by atoms with Crippen molar-refractivity contribution in [3.8, 4) is 0 Å². The fourth-order valence-electron chi connectivity index (χ4n) is 2.37. The van der Waals surface area contributed by atoms with Crippen LogP contribution in [0.2, 0.25) is 0 Å². The van der Waals surface area contributed by atoms with Crippen LogP contribution in [0.5, 0.6) is 0 Å². The number of aromatic nitrogens is 5. The molecule has 1 N–H and O–H groups in total. The summed E-state index contributed by atoms with van der Waals surface area (Å²) in [7, 11) is 0. The molecule has 0 aliphatic rings. The van der Waals surface area contributed by atoms with Gasteiger partial charge in [0.05, 0.1) is 12.3 Å². The number of aryl methyl sites for hydroxylation is 1. The zero-order valence-corrected chi connectivity index (χ0v) is 12.9. The van der Waals surface area contributed by atoms with E-state index in [-0.39, 0.29) is 5.78 Å². The van der Waals surface area contributed by atoms with Gasteiger partial charge < -0.3 is 4.98 Å². The van der Waals surface area contributed by atoms with Crippen LogP contribution in [0.3, 0.4) is 0 Å². The van der Waals surface area contributed by atoms with Crippen LogP contribution in [-0.2, 0) is 6.54 Å². The molecule has 3 rings (SSSR count). The van der Waals surface area contributed by atoms with Crippen molar-refractivity contribution in [2.75, 3.05) is 5.75 Å². The molecule has 0 radical (unpaired) electrons. The Morgan fingerprint density at radius 1 is 1.45 bits per heavy atom. The van der Waals surface area contributed by atoms with Crippen LogP contribution >= 0.6 is 11.8 Å². The van der Waals surface area contributed by atoms with E-state index in [4.69, 9.17) is 0 Å². The second kappa shape index (κ2) is 6.15. The maximum Gasteiger partial charge on any atom is 0.210 e. The van der Waals surface area contributed by atoms with Crippen LogP contribution in [0.4, 0.5) is 0 Å². The van der Waals surface area contributed by atoms with E-state index in [0.29, 0.717) is 17.5 Å². The summed E-state index contributed by atoms with van der Waals surface area (Å²) in [6.07, 6.45) is 1.71. The molecule has 112 valence electrons. The van der Waals surface area contributed by atoms with Crippen molar-refractivity contribution in [1.29, 1.82) is 0 Å². The second-order valence-corrected chi connectivity index (χ2v) is 5.76. The number of benzene rings is 1. The molecule has 3 aromatic rings. The van der Waals surface area contributed by atoms with Crippen molar-refractivity contribution >= 4 is 28.4 Å². The van der Waals surface area contributed by atoms with E-state index in [1.165, 1.54) is 11.8 Å². The first-order valence-corrected chi connectivity index (χ1v) is 7.79. The molecule has 6 nitrogen and oxygen atoms in total. The Hall–Kier alpha value is -2.41. The third-order valence-electron chi connectivity index (χ3n) is 3.31. The molecule has 2 aromatic heterocycles. The lowest BCUT2D eigenvalue weighted by Crippen LogP contribution is -2.06. The number of H-pyrrole nitrogens is 1. The minimum Gasteiger partial charge on any atom is -0.358 e. The average molecular weight is 313 g/mol. The summed E-state index contributed by atoms with van der Waals surface area (Å²) in [4.78, 5) is 15.8. The van der Waals surface area contributed by atoms with Gasteiger partial charge in [-0.1, -0.05) is 36.0 Å². The normalized spacial score (nSPS) is 11.0. The zero-order chi connectivity index (χ0) is 15.5. The Balaban J connectivity index is 1.80. The Bertz CT molecular complexity index is 835. The van der Waals surface area contributed by atoms with Crippen LogP contribution in [0.15, 0.2) is 42.1 Å². The van der Waals surface area contributed by atoms with E-state index in [1.807, 2.05) is 31.2 Å². The lowest BCUT2D eigenvalue weighted by molar-refractivity contribution is 0.102. The van der Waals surface area contributed by atoms with Gasteiger partial charge in [-0.2, -0.15) is 0 Å². The standard InChI is InChI=1S/C15H15N5OS/c1-3-8-20-15(17-18-19-20)22-9-13(21)14-10(2)16-12-7-5-4-6-11(12)14/h3-7,16H,1,8-9H2,2H3. The second-order valence-electron chi connectivity index (χ2n) is 4.81. The Morgan fingerprint density at radius 3 is 3.09 bits per heavy atom. The number of aromatic amines is 1. The summed E-state index contributed by atoms with van der Waals surface area (Å²) < 4.78 is 1.62. The van der Waals surface area contributed by atoms with E-state index in [9.17, 15) is 4.79 Å². The number of allylic oxidation sites excluding steroid dienone is 1. The zero-order valence-electron chi connectivity index (χ0n) is 12.1. The Kier molecular flexibility index (Phi) is 4.06. The molecule has 0 atom stereocenters. The number of nitrogens with zero attached hydrogens (tertiary/aromatic N) is 4. The van der Waals surface area contributed by atoms with Gasteiger partial charge in [0.25, 0.3) is 0 Å². The van der Waals surface area contributed by atoms with Crippen LogP contribution in [0, 0.1) is 6.92 Å². The van der Waals surface area contributed by atoms with E-state index >= 15 is 0 Å². The van der Waals surface area contributed by atoms with E-state index in [1.54, 1.807) is 10.8 Å². The number of thioether (sulfide) groups is 1. The SMILES string of the molecule is C=CCn1nnnc1SCC(=O)c1c(C)[nH]c2ccccc12. The number of fused-ring (bicyclic) bond motifs is 1. The number of carbonyl (C=O) groups is 1. The molecular weight excluding hydrogens is 298 g/mol. The molecule has 0 saturated carbocycles. The van der Waals surface area contributed by atoms with Crippen LogP contribution in [0.1, 0.15) is 16.1 Å². The summed E-state index contributed by atoms with van der Waals surface area (Å²) in [6, 6.07) is 7.81. The van der Waals surface area contributed by atoms with Gasteiger partial charge in [-0.25, -0.2) is 4.68 Å². The molecule has 0 aliphatic carbocycles. The van der Waals surface area contributed by atoms with Crippen molar-refractivity contribution < 1.29 is 4.79 Å². The van der Waals surface area contributed by atoms with Crippen LogP contribution in [0.25, 0.3) is 10.9 Å². The summed E-state index contributed by atoms with van der Waals surface area (Å²) in [5.74, 6) is 0.355. The lowest BCUT2D eigenvalue weighted by Gasteiger charge is -2.02. The molecule has 2 heterocycles. The predicted octanol–water partition coefficient (Wildman–Crippen LogP) is 2.62. The van der Waals surface area contributed by atoms with Gasteiger partial charge in [-0.15, -0.1) is 11.7 Å². The van der Waals surface area contributed by atoms with Gasteiger partial charge in [0.1, 0.15) is 0 Å². The Labute approximate surface area is 131 Å². The van der Waals surface area contributed by atoms with Crippen molar-refractivity contribution in [2.24, 2.45) is 0 Å². The molecule has 22 heavy (non-hydrogen) atoms. The number of para-hydroxylation sites is 1. The van der Waals surface area contributed by atoms with Gasteiger partial charge in [-0.3, -0.25) is 4.79 Å². The minimum absolute atomic E-state index is 0.0631. The number of hydrogen-bond acceptors (Lipinski definition) is 5. The van der Waals surface area contributed by atoms with Crippen molar-refractivity contribution in [1.82, 2.24) is 25.2 Å². The number of hydrogen-bond donors (Lipinski definition) is 1. The smallest absolute Gasteiger partial charge is 0.210 e. The Morgan fingerprint density at radius 2 is 2.27 bits per heavy atom. The van der Waals surface area contributed by atoms with Gasteiger partial charge in [0.2, 0.25) is 5.16 Å². The van der Waals surface area contributed by atoms with E-state index in [0.717, 1.165) is 22.2 Å². The molecule has 0 bridgehead atoms. The van der Waals surface area contributed by atoms with E-state index in [2.05, 4.69) is 27.1 Å². The summed E-state index contributed by atoms with van der Waals surface area (Å²) in [6.45, 7) is 6.10. The third kappa shape index (κ3) is 2.67. The first-order valence-electron chi connectivity index (χ1n) is 6.81. The maximum absolute atomic E-state index is 12.6. The molecule has 0 unspecified atom stereocenters. The molecule has 7 heteroatoms. The molecule has 0 saturated heterocycles. The number of tetrazole rings is 1. The monoisotopic (exact) mass is 313 g/mol. The van der Waals surface area contributed by atoms with Gasteiger partial charge in [-0.05, 0) is 23.4 Å². The van der Waals surface area contributed by atoms with Gasteiger partial charge in [0.15, 0.2) is 5.78 Å². The summed E-state index contributed by atoms with van der Waals surface area (Å²) in [5.41, 5.74) is 2.60. The molecule has 0 fully saturated rings. The third-order valence-corrected chi connectivity index (χ3v) is 4.26. The molecule has 0 amide bonds. The van der Waals surface area contributed by atoms with Crippen LogP contribution in [-0.4, -0.2) is 36.7 Å². The number of ketones is 1. The number of Topliss-reactive ketones (excluding diaryl/α,β-unsaturated/α-hetero) is 1. The first kappa shape index (κ1) is 14.5. The lowest BCUT2D eigenvalue weighted by atomic mass is 10.1. The highest BCUT2D eigenvalue weighted by molar-refractivity contribution is 7.99. The molecule has 0 spiro atoms. The quantitative estimate of drug-likeness (QED) is 0.430. The topological polar surface area (TPSA) is 76.5 Å². The largest absolute Gasteiger partial charge is 0.358 e. The van der Waals surface area contributed by atoms with Gasteiger partial charge >= 0.3 is 0 Å². The first-order chi connectivity index (χ1) is 10.7. The highest BCUT2D eigenvalue weighted by atomic mass is 32.2. The predicted molar refractivity (Wildman–Crippen MR) is 86.1 cm³/mol. The minimum atomic E-state index is 0.0631. The van der Waals surface area contributed by atoms with E-state index < -0.39 is 0 Å².